The monoisotopic (exact) mass is 458 g/mol. The normalized spacial score (nSPS) is 11.4. The number of aromatic nitrogens is 3. The van der Waals surface area contributed by atoms with Crippen LogP contribution < -0.4 is 14.8 Å². The predicted molar refractivity (Wildman–Crippen MR) is 117 cm³/mol. The van der Waals surface area contributed by atoms with Crippen LogP contribution in [0.4, 0.5) is 19.0 Å². The number of methoxy groups -OCH3 is 1. The predicted octanol–water partition coefficient (Wildman–Crippen LogP) is 4.82. The lowest BCUT2D eigenvalue weighted by Crippen LogP contribution is -2.13. The summed E-state index contributed by atoms with van der Waals surface area (Å²) < 4.78 is 50.4. The van der Waals surface area contributed by atoms with Gasteiger partial charge in [-0.3, -0.25) is 4.79 Å². The number of nitrogens with one attached hydrogen (secondary N) is 1. The zero-order chi connectivity index (χ0) is 24.0. The van der Waals surface area contributed by atoms with Gasteiger partial charge in [0.2, 0.25) is 5.91 Å². The first kappa shape index (κ1) is 23.6. The van der Waals surface area contributed by atoms with Gasteiger partial charge < -0.3 is 14.8 Å². The van der Waals surface area contributed by atoms with Crippen molar-refractivity contribution in [3.05, 3.63) is 78.1 Å². The number of amides is 1. The highest BCUT2D eigenvalue weighted by molar-refractivity contribution is 6.01. The summed E-state index contributed by atoms with van der Waals surface area (Å²) in [6.07, 6.45) is 0.731. The van der Waals surface area contributed by atoms with E-state index in [9.17, 15) is 18.0 Å². The van der Waals surface area contributed by atoms with E-state index in [1.54, 1.807) is 43.3 Å². The molecule has 0 saturated carbocycles. The van der Waals surface area contributed by atoms with Crippen molar-refractivity contribution < 1.29 is 27.4 Å². The number of pyridine rings is 1. The molecule has 0 unspecified atom stereocenters. The number of rotatable bonds is 8. The number of halogens is 3. The van der Waals surface area contributed by atoms with E-state index in [-0.39, 0.29) is 11.6 Å². The van der Waals surface area contributed by atoms with Crippen LogP contribution in [0.1, 0.15) is 16.8 Å². The molecule has 0 saturated heterocycles. The lowest BCUT2D eigenvalue weighted by Gasteiger charge is -2.10. The average molecular weight is 458 g/mol. The second-order valence-corrected chi connectivity index (χ2v) is 6.82. The van der Waals surface area contributed by atoms with Crippen LogP contribution in [0.25, 0.3) is 11.9 Å². The number of alkyl halides is 3. The largest absolute Gasteiger partial charge is 0.493 e. The molecule has 10 heteroatoms. The van der Waals surface area contributed by atoms with Gasteiger partial charge in [-0.2, -0.15) is 23.0 Å². The van der Waals surface area contributed by atoms with Gasteiger partial charge in [-0.05, 0) is 42.8 Å². The molecule has 3 aromatic rings. The summed E-state index contributed by atoms with van der Waals surface area (Å²) in [7, 11) is 1.51. The molecule has 0 spiro atoms. The van der Waals surface area contributed by atoms with Crippen molar-refractivity contribution in [1.82, 2.24) is 14.8 Å². The molecule has 2 heterocycles. The van der Waals surface area contributed by atoms with Crippen LogP contribution in [-0.4, -0.2) is 34.4 Å². The number of anilines is 1. The third kappa shape index (κ3) is 6.00. The molecule has 33 heavy (non-hydrogen) atoms. The number of nitrogens with zero attached hydrogens (tertiary/aromatic N) is 3. The molecule has 0 aliphatic carbocycles. The Hall–Kier alpha value is -4.08. The van der Waals surface area contributed by atoms with Crippen LogP contribution in [-0.2, 0) is 11.0 Å². The summed E-state index contributed by atoms with van der Waals surface area (Å²) in [6.45, 7) is 5.61. The summed E-state index contributed by atoms with van der Waals surface area (Å²) in [6, 6.07) is 8.85. The SMILES string of the molecule is C=CCOc1ccc(C=CC(=O)Nc2cc(C)nn2-c2ccc(C(F)(F)F)cn2)cc1OC. The zero-order valence-electron chi connectivity index (χ0n) is 17.9. The molecule has 0 fully saturated rings. The Labute approximate surface area is 188 Å². The van der Waals surface area contributed by atoms with Crippen LogP contribution in [0.3, 0.4) is 0 Å². The Bertz CT molecular complexity index is 1170. The van der Waals surface area contributed by atoms with Gasteiger partial charge in [0.05, 0.1) is 18.4 Å². The first-order valence-corrected chi connectivity index (χ1v) is 9.72. The van der Waals surface area contributed by atoms with Crippen molar-refractivity contribution in [2.45, 2.75) is 13.1 Å². The molecule has 0 aliphatic heterocycles. The van der Waals surface area contributed by atoms with Crippen molar-refractivity contribution in [2.24, 2.45) is 0 Å². The quantitative estimate of drug-likeness (QED) is 0.387. The van der Waals surface area contributed by atoms with Gasteiger partial charge in [0, 0.05) is 18.3 Å². The number of aryl methyl sites for hydroxylation is 1. The van der Waals surface area contributed by atoms with Gasteiger partial charge in [0.25, 0.3) is 0 Å². The van der Waals surface area contributed by atoms with Gasteiger partial charge in [-0.25, -0.2) is 4.98 Å². The molecular formula is C23H21F3N4O3. The zero-order valence-corrected chi connectivity index (χ0v) is 17.9. The Morgan fingerprint density at radius 1 is 1.21 bits per heavy atom. The Balaban J connectivity index is 1.75. The molecular weight excluding hydrogens is 437 g/mol. The maximum absolute atomic E-state index is 12.8. The number of benzene rings is 1. The van der Waals surface area contributed by atoms with Crippen molar-refractivity contribution >= 4 is 17.8 Å². The van der Waals surface area contributed by atoms with Crippen LogP contribution in [0.5, 0.6) is 11.5 Å². The van der Waals surface area contributed by atoms with E-state index in [1.807, 2.05) is 0 Å². The van der Waals surface area contributed by atoms with E-state index in [1.165, 1.54) is 23.9 Å². The molecule has 0 bridgehead atoms. The maximum Gasteiger partial charge on any atom is 0.417 e. The third-order valence-electron chi connectivity index (χ3n) is 4.35. The molecule has 1 aromatic carbocycles. The maximum atomic E-state index is 12.8. The summed E-state index contributed by atoms with van der Waals surface area (Å²) in [4.78, 5) is 16.3. The molecule has 7 nitrogen and oxygen atoms in total. The van der Waals surface area contributed by atoms with Crippen LogP contribution in [0, 0.1) is 6.92 Å². The third-order valence-corrected chi connectivity index (χ3v) is 4.35. The Kier molecular flexibility index (Phi) is 7.17. The van der Waals surface area contributed by atoms with E-state index >= 15 is 0 Å². The first-order valence-electron chi connectivity index (χ1n) is 9.72. The molecule has 3 rings (SSSR count). The first-order chi connectivity index (χ1) is 15.7. The fraction of sp³-hybridized carbons (Fsp3) is 0.174. The van der Waals surface area contributed by atoms with E-state index in [4.69, 9.17) is 9.47 Å². The summed E-state index contributed by atoms with van der Waals surface area (Å²) in [5, 5.41) is 6.86. The standard InChI is InChI=1S/C23H21F3N4O3/c1-4-11-33-18-8-5-16(13-19(18)32-3)6-10-22(31)28-21-12-15(2)29-30(21)20-9-7-17(14-27-20)23(24,25)26/h4-10,12-14H,1,11H2,2-3H3,(H,28,31). The topological polar surface area (TPSA) is 78.3 Å². The second-order valence-electron chi connectivity index (χ2n) is 6.82. The molecule has 1 N–H and O–H groups in total. The molecule has 2 aromatic heterocycles. The molecule has 1 amide bonds. The minimum absolute atomic E-state index is 0.134. The van der Waals surface area contributed by atoms with Crippen LogP contribution in [0.15, 0.2) is 61.3 Å². The summed E-state index contributed by atoms with van der Waals surface area (Å²) in [5.74, 6) is 0.980. The fourth-order valence-corrected chi connectivity index (χ4v) is 2.84. The van der Waals surface area contributed by atoms with E-state index in [2.05, 4.69) is 22.0 Å². The number of hydrogen-bond donors (Lipinski definition) is 1. The number of hydrogen-bond acceptors (Lipinski definition) is 5. The average Bonchev–Trinajstić information content (AvgIpc) is 3.15. The Morgan fingerprint density at radius 3 is 2.64 bits per heavy atom. The lowest BCUT2D eigenvalue weighted by atomic mass is 10.2. The number of ether oxygens (including phenoxy) is 2. The lowest BCUT2D eigenvalue weighted by molar-refractivity contribution is -0.137. The van der Waals surface area contributed by atoms with Gasteiger partial charge in [0.15, 0.2) is 17.3 Å². The van der Waals surface area contributed by atoms with E-state index in [0.29, 0.717) is 35.6 Å². The van der Waals surface area contributed by atoms with Gasteiger partial charge in [-0.1, -0.05) is 18.7 Å². The minimum Gasteiger partial charge on any atom is -0.493 e. The molecule has 0 atom stereocenters. The Morgan fingerprint density at radius 2 is 2.00 bits per heavy atom. The molecule has 0 radical (unpaired) electrons. The number of carbonyl (C=O) groups is 1. The fourth-order valence-electron chi connectivity index (χ4n) is 2.84. The minimum atomic E-state index is -4.49. The van der Waals surface area contributed by atoms with Crippen LogP contribution in [0.2, 0.25) is 0 Å². The second kappa shape index (κ2) is 10.0. The summed E-state index contributed by atoms with van der Waals surface area (Å²) >= 11 is 0. The highest BCUT2D eigenvalue weighted by Gasteiger charge is 2.30. The smallest absolute Gasteiger partial charge is 0.417 e. The van der Waals surface area contributed by atoms with Gasteiger partial charge >= 0.3 is 6.18 Å². The van der Waals surface area contributed by atoms with Crippen molar-refractivity contribution in [2.75, 3.05) is 19.0 Å². The highest BCUT2D eigenvalue weighted by atomic mass is 19.4. The van der Waals surface area contributed by atoms with Crippen molar-refractivity contribution in [3.63, 3.8) is 0 Å². The van der Waals surface area contributed by atoms with E-state index in [0.717, 1.165) is 6.07 Å². The summed E-state index contributed by atoms with van der Waals surface area (Å²) in [5.41, 5.74) is 0.373. The van der Waals surface area contributed by atoms with Crippen LogP contribution >= 0.6 is 0 Å². The highest BCUT2D eigenvalue weighted by Crippen LogP contribution is 2.30. The number of carbonyl (C=O) groups excluding carboxylic acids is 1. The van der Waals surface area contributed by atoms with Crippen molar-refractivity contribution in [1.29, 1.82) is 0 Å². The van der Waals surface area contributed by atoms with E-state index < -0.39 is 17.6 Å². The van der Waals surface area contributed by atoms with Gasteiger partial charge in [-0.15, -0.1) is 0 Å². The molecule has 0 aliphatic rings. The van der Waals surface area contributed by atoms with Gasteiger partial charge in [0.1, 0.15) is 12.4 Å². The van der Waals surface area contributed by atoms with Crippen molar-refractivity contribution in [3.8, 4) is 17.3 Å². The molecule has 172 valence electrons.